The van der Waals surface area contributed by atoms with Crippen LogP contribution in [0.5, 0.6) is 0 Å². The maximum absolute atomic E-state index is 13.8. The lowest BCUT2D eigenvalue weighted by atomic mass is 9.80. The summed E-state index contributed by atoms with van der Waals surface area (Å²) in [6, 6.07) is 29.5. The highest BCUT2D eigenvalue weighted by Crippen LogP contribution is 2.44. The minimum atomic E-state index is -3.71. The molecule has 1 aromatic heterocycles. The van der Waals surface area contributed by atoms with Crippen molar-refractivity contribution in [2.45, 2.75) is 23.2 Å². The second kappa shape index (κ2) is 13.1. The van der Waals surface area contributed by atoms with Crippen molar-refractivity contribution >= 4 is 48.9 Å². The molecule has 1 aliphatic rings. The van der Waals surface area contributed by atoms with Gasteiger partial charge in [-0.2, -0.15) is 0 Å². The summed E-state index contributed by atoms with van der Waals surface area (Å²) in [5, 5.41) is 5.80. The average molecular weight is 683 g/mol. The van der Waals surface area contributed by atoms with Crippen molar-refractivity contribution in [2.24, 2.45) is 0 Å². The van der Waals surface area contributed by atoms with Gasteiger partial charge in [0.1, 0.15) is 4.75 Å². The van der Waals surface area contributed by atoms with Gasteiger partial charge in [-0.25, -0.2) is 13.9 Å². The van der Waals surface area contributed by atoms with E-state index in [1.54, 1.807) is 37.4 Å². The van der Waals surface area contributed by atoms with E-state index in [2.05, 4.69) is 32.0 Å². The van der Waals surface area contributed by atoms with E-state index >= 15 is 0 Å². The zero-order chi connectivity index (χ0) is 30.5. The van der Waals surface area contributed by atoms with E-state index in [1.807, 2.05) is 66.7 Å². The number of hydrogen-bond donors (Lipinski definition) is 3. The zero-order valence-corrected chi connectivity index (χ0v) is 26.7. The van der Waals surface area contributed by atoms with Crippen LogP contribution in [0.4, 0.5) is 0 Å². The van der Waals surface area contributed by atoms with E-state index < -0.39 is 26.1 Å². The smallest absolute Gasteiger partial charge is 0.251 e. The van der Waals surface area contributed by atoms with Crippen LogP contribution in [0.3, 0.4) is 0 Å². The molecule has 224 valence electrons. The quantitative estimate of drug-likeness (QED) is 0.171. The van der Waals surface area contributed by atoms with Crippen LogP contribution in [-0.2, 0) is 29.8 Å². The Morgan fingerprint density at radius 2 is 1.51 bits per heavy atom. The zero-order valence-electron chi connectivity index (χ0n) is 23.5. The molecule has 8 nitrogen and oxygen atoms in total. The first-order valence-electron chi connectivity index (χ1n) is 13.8. The second-order valence-corrected chi connectivity index (χ2v) is 15.2. The lowest BCUT2D eigenvalue weighted by Crippen LogP contribution is -2.45. The van der Waals surface area contributed by atoms with E-state index in [1.165, 1.54) is 11.3 Å². The summed E-state index contributed by atoms with van der Waals surface area (Å²) in [6.07, 6.45) is -0.0571. The van der Waals surface area contributed by atoms with Gasteiger partial charge >= 0.3 is 0 Å². The minimum Gasteiger partial charge on any atom is -0.355 e. The van der Waals surface area contributed by atoms with Crippen molar-refractivity contribution in [3.8, 4) is 0 Å². The van der Waals surface area contributed by atoms with Gasteiger partial charge in [-0.15, -0.1) is 11.3 Å². The second-order valence-electron chi connectivity index (χ2n) is 10.3. The molecular formula is C32H32BrN3O5S2. The van der Waals surface area contributed by atoms with Crippen molar-refractivity contribution in [3.05, 3.63) is 128 Å². The van der Waals surface area contributed by atoms with Gasteiger partial charge in [-0.3, -0.25) is 14.4 Å². The predicted octanol–water partition coefficient (Wildman–Crippen LogP) is 4.90. The number of sulfone groups is 1. The number of halogens is 1. The van der Waals surface area contributed by atoms with Gasteiger partial charge in [0, 0.05) is 24.0 Å². The molecule has 2 heterocycles. The normalized spacial score (nSPS) is 18.4. The predicted molar refractivity (Wildman–Crippen MR) is 171 cm³/mol. The summed E-state index contributed by atoms with van der Waals surface area (Å²) >= 11 is 4.78. The van der Waals surface area contributed by atoms with Crippen LogP contribution in [0.15, 0.2) is 101 Å². The van der Waals surface area contributed by atoms with Crippen LogP contribution in [-0.4, -0.2) is 46.1 Å². The summed E-state index contributed by atoms with van der Waals surface area (Å²) < 4.78 is 26.9. The van der Waals surface area contributed by atoms with Crippen LogP contribution in [0.25, 0.3) is 0 Å². The van der Waals surface area contributed by atoms with Crippen LogP contribution in [0.2, 0.25) is 0 Å². The van der Waals surface area contributed by atoms with Crippen LogP contribution >= 0.6 is 27.3 Å². The van der Waals surface area contributed by atoms with Gasteiger partial charge in [0.15, 0.2) is 15.4 Å². The molecule has 11 heteroatoms. The van der Waals surface area contributed by atoms with E-state index in [0.29, 0.717) is 29.1 Å². The number of carbonyl (C=O) groups is 2. The Labute approximate surface area is 263 Å². The van der Waals surface area contributed by atoms with Gasteiger partial charge in [0.2, 0.25) is 5.91 Å². The van der Waals surface area contributed by atoms with Crippen molar-refractivity contribution in [3.63, 3.8) is 0 Å². The Balaban J connectivity index is 1.56. The molecule has 1 aliphatic heterocycles. The van der Waals surface area contributed by atoms with Crippen molar-refractivity contribution in [1.29, 1.82) is 0 Å². The number of carbonyl (C=O) groups excluding carboxylic acids is 2. The molecule has 43 heavy (non-hydrogen) atoms. The maximum atomic E-state index is 13.8. The molecule has 0 spiro atoms. The molecule has 0 radical (unpaired) electrons. The number of hydroxylamine groups is 1. The number of hydrogen-bond acceptors (Lipinski definition) is 7. The van der Waals surface area contributed by atoms with Crippen LogP contribution in [0.1, 0.15) is 44.8 Å². The van der Waals surface area contributed by atoms with E-state index in [4.69, 9.17) is 4.84 Å². The topological polar surface area (TPSA) is 114 Å². The molecule has 1 unspecified atom stereocenters. The fraction of sp³-hybridized carbons (Fsp3) is 0.250. The fourth-order valence-electron chi connectivity index (χ4n) is 5.55. The standard InChI is InChI=1S/C32H32BrN3O5S2/c1-34-30(38)23-12-14-26(15-13-23)32(24-8-4-2-5-9-24,25-10-6-3-7-11-25)41-36-29(37)22-31(27-16-17-28(33)42-27)18-19-35-20-21-43(31,39)40/h2-17,35H,18-22H2,1H3,(H,34,38)(H,36,37). The first-order chi connectivity index (χ1) is 20.7. The lowest BCUT2D eigenvalue weighted by molar-refractivity contribution is -0.144. The molecule has 3 aromatic carbocycles. The van der Waals surface area contributed by atoms with Crippen molar-refractivity contribution in [1.82, 2.24) is 16.1 Å². The third-order valence-electron chi connectivity index (χ3n) is 7.78. The molecule has 1 atom stereocenters. The van der Waals surface area contributed by atoms with Crippen LogP contribution in [0, 0.1) is 0 Å². The Hall–Kier alpha value is -3.35. The SMILES string of the molecule is CNC(=O)c1ccc(C(ONC(=O)CC2(c3ccc(Br)s3)CCNCCS2(=O)=O)(c2ccccc2)c2ccccc2)cc1. The largest absolute Gasteiger partial charge is 0.355 e. The summed E-state index contributed by atoms with van der Waals surface area (Å²) in [4.78, 5) is 33.2. The molecule has 5 rings (SSSR count). The van der Waals surface area contributed by atoms with Crippen LogP contribution < -0.4 is 16.1 Å². The first kappa shape index (κ1) is 31.1. The molecule has 0 aliphatic carbocycles. The first-order valence-corrected chi connectivity index (χ1v) is 17.1. The third-order valence-corrected chi connectivity index (χ3v) is 12.2. The molecule has 0 bridgehead atoms. The van der Waals surface area contributed by atoms with Gasteiger partial charge in [0.25, 0.3) is 5.91 Å². The molecule has 0 saturated carbocycles. The average Bonchev–Trinajstić information content (AvgIpc) is 3.41. The fourth-order valence-corrected chi connectivity index (χ4v) is 9.49. The van der Waals surface area contributed by atoms with E-state index in [9.17, 15) is 18.0 Å². The third kappa shape index (κ3) is 6.18. The highest BCUT2D eigenvalue weighted by atomic mass is 79.9. The molecule has 1 saturated heterocycles. The highest BCUT2D eigenvalue weighted by molar-refractivity contribution is 9.11. The number of nitrogens with one attached hydrogen (secondary N) is 3. The molecule has 1 fully saturated rings. The van der Waals surface area contributed by atoms with E-state index in [-0.39, 0.29) is 24.5 Å². The van der Waals surface area contributed by atoms with Gasteiger partial charge in [-0.1, -0.05) is 72.8 Å². The Bertz CT molecular complexity index is 1640. The maximum Gasteiger partial charge on any atom is 0.251 e. The molecule has 4 aromatic rings. The molecular weight excluding hydrogens is 650 g/mol. The van der Waals surface area contributed by atoms with E-state index in [0.717, 1.165) is 14.9 Å². The summed E-state index contributed by atoms with van der Waals surface area (Å²) in [6.45, 7) is 0.782. The Morgan fingerprint density at radius 3 is 2.07 bits per heavy atom. The number of rotatable bonds is 9. The van der Waals surface area contributed by atoms with Gasteiger partial charge in [0.05, 0.1) is 16.0 Å². The lowest BCUT2D eigenvalue weighted by Gasteiger charge is -2.36. The van der Waals surface area contributed by atoms with Crippen molar-refractivity contribution in [2.75, 3.05) is 25.9 Å². The minimum absolute atomic E-state index is 0.0771. The molecule has 3 N–H and O–H groups in total. The summed E-state index contributed by atoms with van der Waals surface area (Å²) in [5.74, 6) is -0.865. The number of amides is 2. The molecule has 2 amide bonds. The number of thiophene rings is 1. The Morgan fingerprint density at radius 1 is 0.907 bits per heavy atom. The monoisotopic (exact) mass is 681 g/mol. The van der Waals surface area contributed by atoms with Gasteiger partial charge < -0.3 is 10.6 Å². The summed E-state index contributed by atoms with van der Waals surface area (Å²) in [7, 11) is -2.14. The Kier molecular flexibility index (Phi) is 9.48. The highest BCUT2D eigenvalue weighted by Gasteiger charge is 2.49. The number of benzene rings is 3. The van der Waals surface area contributed by atoms with Gasteiger partial charge in [-0.05, 0) is 69.9 Å². The van der Waals surface area contributed by atoms with Crippen molar-refractivity contribution < 1.29 is 22.8 Å². The summed E-state index contributed by atoms with van der Waals surface area (Å²) in [5.41, 5.74) is 3.96.